The molecule has 0 unspecified atom stereocenters. The van der Waals surface area contributed by atoms with Crippen molar-refractivity contribution in [3.05, 3.63) is 153 Å². The Morgan fingerprint density at radius 2 is 0.917 bits per heavy atom. The lowest BCUT2D eigenvalue weighted by Crippen LogP contribution is -2.02. The summed E-state index contributed by atoms with van der Waals surface area (Å²) in [5.74, 6) is 0. The minimum Gasteiger partial charge on any atom is -0.0616 e. The zero-order valence-electron chi connectivity index (χ0n) is 20.4. The molecule has 172 valence electrons. The van der Waals surface area contributed by atoms with E-state index >= 15 is 0 Å². The molecule has 4 aromatic carbocycles. The van der Waals surface area contributed by atoms with E-state index in [-0.39, 0.29) is 0 Å². The molecule has 0 aromatic heterocycles. The van der Waals surface area contributed by atoms with Crippen LogP contribution in [0.1, 0.15) is 55.6 Å². The van der Waals surface area contributed by atoms with Gasteiger partial charge in [0.15, 0.2) is 0 Å². The molecule has 6 aliphatic rings. The van der Waals surface area contributed by atoms with Gasteiger partial charge in [0.2, 0.25) is 0 Å². The van der Waals surface area contributed by atoms with Gasteiger partial charge in [0.25, 0.3) is 0 Å². The number of allylic oxidation sites excluding steroid dienone is 4. The van der Waals surface area contributed by atoms with Crippen LogP contribution in [0.3, 0.4) is 0 Å². The molecule has 6 aliphatic carbocycles. The highest BCUT2D eigenvalue weighted by atomic mass is 14.2. The summed E-state index contributed by atoms with van der Waals surface area (Å²) in [6.07, 6.45) is 18.0. The van der Waals surface area contributed by atoms with E-state index in [1.807, 2.05) is 0 Å². The number of benzene rings is 4. The Labute approximate surface area is 213 Å². The first-order valence-electron chi connectivity index (χ1n) is 13.0. The van der Waals surface area contributed by atoms with Gasteiger partial charge < -0.3 is 0 Å². The van der Waals surface area contributed by atoms with Gasteiger partial charge in [-0.3, -0.25) is 0 Å². The fraction of sp³-hybridized carbons (Fsp3) is 0.111. The third-order valence-corrected chi connectivity index (χ3v) is 7.84. The molecule has 36 heavy (non-hydrogen) atoms. The predicted octanol–water partition coefficient (Wildman–Crippen LogP) is 8.71. The van der Waals surface area contributed by atoms with Crippen LogP contribution < -0.4 is 0 Å². The van der Waals surface area contributed by atoms with Gasteiger partial charge in [0, 0.05) is 0 Å². The zero-order chi connectivity index (χ0) is 23.9. The third-order valence-electron chi connectivity index (χ3n) is 7.84. The average molecular weight is 461 g/mol. The van der Waals surface area contributed by atoms with Gasteiger partial charge in [-0.25, -0.2) is 0 Å². The fourth-order valence-electron chi connectivity index (χ4n) is 5.82. The van der Waals surface area contributed by atoms with Crippen LogP contribution in [0.4, 0.5) is 0 Å². The van der Waals surface area contributed by atoms with Crippen LogP contribution in [-0.2, 0) is 25.7 Å². The van der Waals surface area contributed by atoms with Gasteiger partial charge in [-0.05, 0) is 105 Å². The number of hydrogen-bond donors (Lipinski definition) is 0. The van der Waals surface area contributed by atoms with Gasteiger partial charge in [-0.1, -0.05) is 109 Å². The van der Waals surface area contributed by atoms with Gasteiger partial charge >= 0.3 is 0 Å². The van der Waals surface area contributed by atoms with Crippen molar-refractivity contribution in [1.29, 1.82) is 0 Å². The Bertz CT molecular complexity index is 1500. The fourth-order valence-corrected chi connectivity index (χ4v) is 5.82. The van der Waals surface area contributed by atoms with Crippen molar-refractivity contribution in [1.82, 2.24) is 0 Å². The Hall–Kier alpha value is -4.16. The topological polar surface area (TPSA) is 0 Å². The Balaban J connectivity index is 1.24. The van der Waals surface area contributed by atoms with Crippen molar-refractivity contribution in [3.63, 3.8) is 0 Å². The smallest absolute Gasteiger partial charge is 0.0111 e. The lowest BCUT2D eigenvalue weighted by Gasteiger charge is -2.15. The summed E-state index contributed by atoms with van der Waals surface area (Å²) in [7, 11) is 0. The summed E-state index contributed by atoms with van der Waals surface area (Å²) in [6, 6.07) is 31.7. The highest BCUT2D eigenvalue weighted by Crippen LogP contribution is 2.34. The molecule has 4 aromatic rings. The Morgan fingerprint density at radius 3 is 1.42 bits per heavy atom. The maximum atomic E-state index is 2.43. The van der Waals surface area contributed by atoms with Crippen LogP contribution in [0, 0.1) is 0 Å². The molecule has 0 saturated heterocycles. The minimum atomic E-state index is 1.04. The number of rotatable bonds is 2. The first-order valence-corrected chi connectivity index (χ1v) is 13.0. The molecule has 0 radical (unpaired) electrons. The molecule has 0 heterocycles. The lowest BCUT2D eigenvalue weighted by atomic mass is 9.89. The maximum Gasteiger partial charge on any atom is -0.0111 e. The largest absolute Gasteiger partial charge is 0.0616 e. The van der Waals surface area contributed by atoms with Crippen LogP contribution in [0.2, 0.25) is 0 Å². The SMILES string of the molecule is C1=Cc2ccccc2/C1=C/c1cc2ccc1CCc1ccc(c(/C=C3\C=Cc4ccccc43)c1)CC2. The van der Waals surface area contributed by atoms with Gasteiger partial charge in [0.05, 0.1) is 0 Å². The summed E-state index contributed by atoms with van der Waals surface area (Å²) in [5, 5.41) is 0. The molecule has 0 heteroatoms. The van der Waals surface area contributed by atoms with Crippen LogP contribution >= 0.6 is 0 Å². The molecule has 0 atom stereocenters. The number of fused-ring (bicyclic) bond motifs is 2. The standard InChI is InChI=1S/C36H28/c1-3-7-35-29(5-1)17-19-31(35)23-33-21-25-9-13-27(33)15-11-26-10-14-28(16-12-25)34(22-26)24-32-20-18-30-6-2-4-8-36(30)32/h1-10,13-14,17-24H,11-12,15-16H2/b31-23+,32-24+. The van der Waals surface area contributed by atoms with Crippen molar-refractivity contribution in [2.45, 2.75) is 25.7 Å². The minimum absolute atomic E-state index is 1.04. The summed E-state index contributed by atoms with van der Waals surface area (Å²) < 4.78 is 0. The number of hydrogen-bond acceptors (Lipinski definition) is 0. The van der Waals surface area contributed by atoms with Crippen molar-refractivity contribution in [3.8, 4) is 0 Å². The Kier molecular flexibility index (Phi) is 5.17. The van der Waals surface area contributed by atoms with Gasteiger partial charge in [-0.15, -0.1) is 0 Å². The molecular weight excluding hydrogens is 432 g/mol. The third kappa shape index (κ3) is 3.89. The van der Waals surface area contributed by atoms with E-state index in [4.69, 9.17) is 0 Å². The van der Waals surface area contributed by atoms with E-state index in [2.05, 4.69) is 121 Å². The molecule has 0 nitrogen and oxygen atoms in total. The van der Waals surface area contributed by atoms with Crippen molar-refractivity contribution >= 4 is 35.5 Å². The molecular formula is C36H28. The van der Waals surface area contributed by atoms with E-state index in [0.717, 1.165) is 25.7 Å². The second-order valence-corrected chi connectivity index (χ2v) is 10.1. The number of aryl methyl sites for hydroxylation is 4. The van der Waals surface area contributed by atoms with Crippen LogP contribution in [0.5, 0.6) is 0 Å². The highest BCUT2D eigenvalue weighted by Gasteiger charge is 2.14. The molecule has 4 bridgehead atoms. The average Bonchev–Trinajstić information content (AvgIpc) is 3.51. The first-order chi connectivity index (χ1) is 17.8. The van der Waals surface area contributed by atoms with Gasteiger partial charge in [-0.2, -0.15) is 0 Å². The van der Waals surface area contributed by atoms with E-state index < -0.39 is 0 Å². The van der Waals surface area contributed by atoms with Crippen LogP contribution in [0.15, 0.2) is 97.1 Å². The van der Waals surface area contributed by atoms with Gasteiger partial charge in [0.1, 0.15) is 0 Å². The zero-order valence-corrected chi connectivity index (χ0v) is 20.4. The maximum absolute atomic E-state index is 2.43. The van der Waals surface area contributed by atoms with Crippen molar-refractivity contribution in [2.75, 3.05) is 0 Å². The quantitative estimate of drug-likeness (QED) is 0.281. The molecule has 0 N–H and O–H groups in total. The summed E-state index contributed by atoms with van der Waals surface area (Å²) >= 11 is 0. The summed E-state index contributed by atoms with van der Waals surface area (Å²) in [6.45, 7) is 0. The first kappa shape index (κ1) is 21.1. The van der Waals surface area contributed by atoms with Crippen molar-refractivity contribution in [2.24, 2.45) is 0 Å². The summed E-state index contributed by atoms with van der Waals surface area (Å²) in [4.78, 5) is 0. The van der Waals surface area contributed by atoms with E-state index in [0.29, 0.717) is 0 Å². The van der Waals surface area contributed by atoms with Crippen LogP contribution in [0.25, 0.3) is 35.5 Å². The second kappa shape index (κ2) is 8.81. The second-order valence-electron chi connectivity index (χ2n) is 10.1. The molecule has 0 spiro atoms. The molecule has 0 fully saturated rings. The molecule has 0 aliphatic heterocycles. The highest BCUT2D eigenvalue weighted by molar-refractivity contribution is 5.99. The normalized spacial score (nSPS) is 17.4. The van der Waals surface area contributed by atoms with E-state index in [1.165, 1.54) is 66.8 Å². The van der Waals surface area contributed by atoms with E-state index in [1.54, 1.807) is 0 Å². The summed E-state index contributed by atoms with van der Waals surface area (Å²) in [5.41, 5.74) is 16.4. The Morgan fingerprint density at radius 1 is 0.444 bits per heavy atom. The monoisotopic (exact) mass is 460 g/mol. The molecule has 0 saturated carbocycles. The van der Waals surface area contributed by atoms with E-state index in [9.17, 15) is 0 Å². The van der Waals surface area contributed by atoms with Crippen LogP contribution in [-0.4, -0.2) is 0 Å². The molecule has 0 amide bonds. The molecule has 10 rings (SSSR count). The lowest BCUT2D eigenvalue weighted by molar-refractivity contribution is 0.917. The predicted molar refractivity (Wildman–Crippen MR) is 154 cm³/mol. The van der Waals surface area contributed by atoms with Crippen molar-refractivity contribution < 1.29 is 0 Å².